The van der Waals surface area contributed by atoms with Crippen molar-refractivity contribution in [2.75, 3.05) is 33.4 Å². The van der Waals surface area contributed by atoms with Crippen LogP contribution < -0.4 is 0 Å². The molecule has 1 N–H and O–H groups in total. The molecular formula is C18H29NO2. The monoisotopic (exact) mass is 291 g/mol. The highest BCUT2D eigenvalue weighted by atomic mass is 16.5. The average molecular weight is 291 g/mol. The summed E-state index contributed by atoms with van der Waals surface area (Å²) in [4.78, 5) is 2.47. The number of nitrogens with zero attached hydrogens (tertiary/aromatic N) is 1. The molecule has 0 radical (unpaired) electrons. The van der Waals surface area contributed by atoms with E-state index in [1.165, 1.54) is 24.0 Å². The van der Waals surface area contributed by atoms with Gasteiger partial charge in [-0.25, -0.2) is 0 Å². The van der Waals surface area contributed by atoms with Crippen LogP contribution in [0, 0.1) is 19.8 Å². The molecule has 0 spiro atoms. The Morgan fingerprint density at radius 2 is 2.00 bits per heavy atom. The molecule has 3 nitrogen and oxygen atoms in total. The minimum Gasteiger partial charge on any atom is -0.388 e. The standard InChI is InChI=1S/C18H29NO2/c1-14-9-15(2)11-17(10-14)18(20)6-8-19-7-4-5-16(12-19)13-21-3/h9-11,16,18,20H,4-8,12-13H2,1-3H3. The van der Waals surface area contributed by atoms with Gasteiger partial charge < -0.3 is 14.7 Å². The number of aliphatic hydroxyl groups is 1. The van der Waals surface area contributed by atoms with Gasteiger partial charge in [0.25, 0.3) is 0 Å². The second-order valence-corrected chi connectivity index (χ2v) is 6.49. The van der Waals surface area contributed by atoms with Crippen molar-refractivity contribution in [3.8, 4) is 0 Å². The minimum atomic E-state index is -0.355. The first kappa shape index (κ1) is 16.5. The van der Waals surface area contributed by atoms with Crippen molar-refractivity contribution < 1.29 is 9.84 Å². The van der Waals surface area contributed by atoms with E-state index in [4.69, 9.17) is 4.74 Å². The Morgan fingerprint density at radius 3 is 2.67 bits per heavy atom. The van der Waals surface area contributed by atoms with E-state index in [1.807, 2.05) is 0 Å². The molecule has 1 heterocycles. The molecule has 0 saturated carbocycles. The molecule has 118 valence electrons. The molecule has 2 unspecified atom stereocenters. The van der Waals surface area contributed by atoms with Gasteiger partial charge in [0, 0.05) is 20.2 Å². The summed E-state index contributed by atoms with van der Waals surface area (Å²) in [6.45, 7) is 8.25. The van der Waals surface area contributed by atoms with Gasteiger partial charge in [-0.3, -0.25) is 0 Å². The molecule has 0 aromatic heterocycles. The third kappa shape index (κ3) is 5.10. The Kier molecular flexibility index (Phi) is 6.22. The normalized spacial score (nSPS) is 21.4. The number of aryl methyl sites for hydroxylation is 2. The SMILES string of the molecule is COCC1CCCN(CCC(O)c2cc(C)cc(C)c2)C1. The lowest BCUT2D eigenvalue weighted by Gasteiger charge is -2.32. The molecule has 1 aromatic carbocycles. The van der Waals surface area contributed by atoms with Gasteiger partial charge in [0.15, 0.2) is 0 Å². The van der Waals surface area contributed by atoms with Gasteiger partial charge in [-0.05, 0) is 51.1 Å². The number of rotatable bonds is 6. The van der Waals surface area contributed by atoms with Crippen LogP contribution in [0.25, 0.3) is 0 Å². The fourth-order valence-corrected chi connectivity index (χ4v) is 3.40. The summed E-state index contributed by atoms with van der Waals surface area (Å²) >= 11 is 0. The molecule has 2 atom stereocenters. The van der Waals surface area contributed by atoms with Crippen LogP contribution in [0.1, 0.15) is 42.1 Å². The number of benzene rings is 1. The Labute approximate surface area is 128 Å². The number of ether oxygens (including phenoxy) is 1. The fraction of sp³-hybridized carbons (Fsp3) is 0.667. The quantitative estimate of drug-likeness (QED) is 0.874. The maximum atomic E-state index is 10.4. The number of methoxy groups -OCH3 is 1. The zero-order chi connectivity index (χ0) is 15.2. The summed E-state index contributed by atoms with van der Waals surface area (Å²) in [5, 5.41) is 10.4. The molecular weight excluding hydrogens is 262 g/mol. The number of hydrogen-bond donors (Lipinski definition) is 1. The van der Waals surface area contributed by atoms with E-state index < -0.39 is 0 Å². The Balaban J connectivity index is 1.84. The van der Waals surface area contributed by atoms with Crippen LogP contribution in [0.3, 0.4) is 0 Å². The van der Waals surface area contributed by atoms with Gasteiger partial charge in [-0.2, -0.15) is 0 Å². The zero-order valence-electron chi connectivity index (χ0n) is 13.6. The van der Waals surface area contributed by atoms with Crippen molar-refractivity contribution in [3.05, 3.63) is 34.9 Å². The molecule has 21 heavy (non-hydrogen) atoms. The molecule has 0 bridgehead atoms. The molecule has 2 rings (SSSR count). The van der Waals surface area contributed by atoms with Gasteiger partial charge in [0.2, 0.25) is 0 Å². The van der Waals surface area contributed by atoms with Crippen molar-refractivity contribution in [2.45, 2.75) is 39.2 Å². The topological polar surface area (TPSA) is 32.7 Å². The van der Waals surface area contributed by atoms with Gasteiger partial charge in [0.05, 0.1) is 12.7 Å². The van der Waals surface area contributed by atoms with Crippen LogP contribution in [0.5, 0.6) is 0 Å². The van der Waals surface area contributed by atoms with Crippen molar-refractivity contribution in [3.63, 3.8) is 0 Å². The van der Waals surface area contributed by atoms with Crippen LogP contribution in [-0.4, -0.2) is 43.4 Å². The van der Waals surface area contributed by atoms with Crippen LogP contribution in [0.15, 0.2) is 18.2 Å². The van der Waals surface area contributed by atoms with Crippen molar-refractivity contribution in [1.29, 1.82) is 0 Å². The largest absolute Gasteiger partial charge is 0.388 e. The van der Waals surface area contributed by atoms with E-state index >= 15 is 0 Å². The molecule has 0 aliphatic carbocycles. The minimum absolute atomic E-state index is 0.355. The molecule has 1 fully saturated rings. The highest BCUT2D eigenvalue weighted by Crippen LogP contribution is 2.22. The van der Waals surface area contributed by atoms with Crippen LogP contribution in [0.4, 0.5) is 0 Å². The summed E-state index contributed by atoms with van der Waals surface area (Å²) in [6, 6.07) is 6.35. The molecule has 1 aliphatic heterocycles. The molecule has 0 amide bonds. The van der Waals surface area contributed by atoms with Gasteiger partial charge in [-0.1, -0.05) is 29.3 Å². The van der Waals surface area contributed by atoms with Crippen LogP contribution in [-0.2, 0) is 4.74 Å². The summed E-state index contributed by atoms with van der Waals surface area (Å²) < 4.78 is 5.27. The highest BCUT2D eigenvalue weighted by Gasteiger charge is 2.20. The lowest BCUT2D eigenvalue weighted by molar-refractivity contribution is 0.0778. The Hall–Kier alpha value is -0.900. The number of aliphatic hydroxyl groups excluding tert-OH is 1. The van der Waals surface area contributed by atoms with Crippen molar-refractivity contribution in [2.24, 2.45) is 5.92 Å². The maximum Gasteiger partial charge on any atom is 0.0802 e. The lowest BCUT2D eigenvalue weighted by atomic mass is 9.97. The molecule has 1 saturated heterocycles. The van der Waals surface area contributed by atoms with E-state index in [1.54, 1.807) is 7.11 Å². The van der Waals surface area contributed by atoms with E-state index in [0.29, 0.717) is 5.92 Å². The number of piperidine rings is 1. The van der Waals surface area contributed by atoms with Crippen LogP contribution in [0.2, 0.25) is 0 Å². The first-order valence-electron chi connectivity index (χ1n) is 8.06. The predicted octanol–water partition coefficient (Wildman–Crippen LogP) is 3.09. The third-order valence-corrected chi connectivity index (χ3v) is 4.35. The zero-order valence-corrected chi connectivity index (χ0v) is 13.6. The van der Waals surface area contributed by atoms with E-state index in [0.717, 1.165) is 38.2 Å². The molecule has 1 aromatic rings. The first-order valence-corrected chi connectivity index (χ1v) is 8.06. The van der Waals surface area contributed by atoms with Gasteiger partial charge in [0.1, 0.15) is 0 Å². The Bertz CT molecular complexity index is 425. The summed E-state index contributed by atoms with van der Waals surface area (Å²) in [6.07, 6.45) is 2.96. The maximum absolute atomic E-state index is 10.4. The first-order chi connectivity index (χ1) is 10.1. The summed E-state index contributed by atoms with van der Waals surface area (Å²) in [5.41, 5.74) is 3.50. The average Bonchev–Trinajstić information content (AvgIpc) is 2.44. The number of likely N-dealkylation sites (tertiary alicyclic amines) is 1. The Morgan fingerprint density at radius 1 is 1.29 bits per heavy atom. The highest BCUT2D eigenvalue weighted by molar-refractivity contribution is 5.29. The fourth-order valence-electron chi connectivity index (χ4n) is 3.40. The number of hydrogen-bond acceptors (Lipinski definition) is 3. The van der Waals surface area contributed by atoms with E-state index in [9.17, 15) is 5.11 Å². The molecule has 1 aliphatic rings. The van der Waals surface area contributed by atoms with Gasteiger partial charge in [-0.15, -0.1) is 0 Å². The second-order valence-electron chi connectivity index (χ2n) is 6.49. The summed E-state index contributed by atoms with van der Waals surface area (Å²) in [7, 11) is 1.78. The second kappa shape index (κ2) is 7.92. The molecule has 3 heteroatoms. The predicted molar refractivity (Wildman–Crippen MR) is 86.5 cm³/mol. The van der Waals surface area contributed by atoms with Gasteiger partial charge >= 0.3 is 0 Å². The van der Waals surface area contributed by atoms with E-state index in [2.05, 4.69) is 36.9 Å². The summed E-state index contributed by atoms with van der Waals surface area (Å²) in [5.74, 6) is 0.655. The lowest BCUT2D eigenvalue weighted by Crippen LogP contribution is -2.38. The van der Waals surface area contributed by atoms with E-state index in [-0.39, 0.29) is 6.10 Å². The van der Waals surface area contributed by atoms with Crippen molar-refractivity contribution in [1.82, 2.24) is 4.90 Å². The van der Waals surface area contributed by atoms with Crippen molar-refractivity contribution >= 4 is 0 Å². The smallest absolute Gasteiger partial charge is 0.0802 e. The third-order valence-electron chi connectivity index (χ3n) is 4.35. The van der Waals surface area contributed by atoms with Crippen LogP contribution >= 0.6 is 0 Å².